The Morgan fingerprint density at radius 1 is 1.57 bits per heavy atom. The Hall–Kier alpha value is -1.13. The van der Waals surface area contributed by atoms with Crippen LogP contribution in [-0.4, -0.2) is 48.9 Å². The average molecular weight is 316 g/mol. The van der Waals surface area contributed by atoms with E-state index in [1.165, 1.54) is 26.8 Å². The summed E-state index contributed by atoms with van der Waals surface area (Å²) in [5, 5.41) is 28.3. The molecular weight excluding hydrogens is 307 g/mol. The molecule has 1 aromatic rings. The van der Waals surface area contributed by atoms with Gasteiger partial charge in [-0.05, 0) is 11.5 Å². The number of fused-ring (bicyclic) bond motifs is 1. The van der Waals surface area contributed by atoms with E-state index in [0.717, 1.165) is 0 Å². The van der Waals surface area contributed by atoms with Crippen molar-refractivity contribution in [2.75, 3.05) is 6.61 Å². The summed E-state index contributed by atoms with van der Waals surface area (Å²) < 4.78 is 1.46. The predicted molar refractivity (Wildman–Crippen MR) is 66.4 cm³/mol. The van der Waals surface area contributed by atoms with Gasteiger partial charge in [0.05, 0.1) is 36.6 Å². The first kappa shape index (κ1) is 16.2. The average Bonchev–Trinajstić information content (AvgIpc) is 3.00. The largest absolute Gasteiger partial charge is 1.00 e. The third-order valence-corrected chi connectivity index (χ3v) is 4.01. The number of hydrogen-bond donors (Lipinski definition) is 1. The fourth-order valence-corrected chi connectivity index (χ4v) is 3.12. The Morgan fingerprint density at radius 3 is 3.00 bits per heavy atom. The first-order chi connectivity index (χ1) is 9.61. The van der Waals surface area contributed by atoms with Crippen molar-refractivity contribution in [3.8, 4) is 0 Å². The van der Waals surface area contributed by atoms with Crippen LogP contribution in [0.15, 0.2) is 22.9 Å². The van der Waals surface area contributed by atoms with Gasteiger partial charge in [-0.25, -0.2) is 4.68 Å². The van der Waals surface area contributed by atoms with Gasteiger partial charge < -0.3 is 15.0 Å². The maximum absolute atomic E-state index is 11.9. The molecule has 1 aromatic heterocycles. The fraction of sp³-hybridized carbons (Fsp3) is 0.273. The van der Waals surface area contributed by atoms with E-state index in [1.54, 1.807) is 12.3 Å². The Kier molecular flexibility index (Phi) is 4.89. The summed E-state index contributed by atoms with van der Waals surface area (Å²) in [6, 6.07) is 0. The van der Waals surface area contributed by atoms with Crippen molar-refractivity contribution < 1.29 is 49.4 Å². The second-order valence-electron chi connectivity index (χ2n) is 4.18. The van der Waals surface area contributed by atoms with Gasteiger partial charge in [-0.2, -0.15) is 0 Å². The minimum absolute atomic E-state index is 0. The van der Waals surface area contributed by atoms with E-state index >= 15 is 0 Å². The van der Waals surface area contributed by atoms with Gasteiger partial charge in [0.15, 0.2) is 0 Å². The molecule has 1 amide bonds. The smallest absolute Gasteiger partial charge is 0.543 e. The quantitative estimate of drug-likeness (QED) is 0.337. The van der Waals surface area contributed by atoms with Gasteiger partial charge in [-0.15, -0.1) is 16.9 Å². The summed E-state index contributed by atoms with van der Waals surface area (Å²) in [7, 11) is 0. The third-order valence-electron chi connectivity index (χ3n) is 2.93. The minimum Gasteiger partial charge on any atom is -0.543 e. The number of β-lactam (4-membered cyclic amide) rings is 1. The van der Waals surface area contributed by atoms with Gasteiger partial charge in [0.25, 0.3) is 5.91 Å². The predicted octanol–water partition coefficient (Wildman–Crippen LogP) is -4.84. The number of hydrogen-bond acceptors (Lipinski definition) is 7. The van der Waals surface area contributed by atoms with Gasteiger partial charge in [-0.3, -0.25) is 9.69 Å². The molecule has 1 N–H and O–H groups in total. The number of carboxylic acid groups (broad SMARTS) is 1. The molecule has 1 saturated heterocycles. The number of carbonyl (C=O) groups excluding carboxylic acids is 2. The summed E-state index contributed by atoms with van der Waals surface area (Å²) >= 11 is 1.24. The van der Waals surface area contributed by atoms with E-state index in [9.17, 15) is 14.7 Å². The van der Waals surface area contributed by atoms with Crippen LogP contribution in [0.4, 0.5) is 0 Å². The molecule has 1 atom stereocenters. The minimum atomic E-state index is -1.36. The standard InChI is InChI=1S/C11H10N4O4S.Na/c16-2-1-14-4-6(12-13-14)3-7-9(17)15-8(11(18)19)5-20-10(7)15;/h3-5,10,16H,1-2H2,(H,18,19);/q;+1/p-1/b7-3+;/t10-;/m1./s1. The topological polar surface area (TPSA) is 111 Å². The molecule has 104 valence electrons. The normalized spacial score (nSPS) is 21.7. The number of nitrogens with zero attached hydrogens (tertiary/aromatic N) is 4. The van der Waals surface area contributed by atoms with Gasteiger partial charge in [0.1, 0.15) is 11.1 Å². The summed E-state index contributed by atoms with van der Waals surface area (Å²) in [6.45, 7) is 0.272. The van der Waals surface area contributed by atoms with Crippen LogP contribution in [0.5, 0.6) is 0 Å². The fourth-order valence-electron chi connectivity index (χ4n) is 2.01. The van der Waals surface area contributed by atoms with Crippen LogP contribution in [0.1, 0.15) is 5.69 Å². The number of carboxylic acids is 1. The van der Waals surface area contributed by atoms with Crippen molar-refractivity contribution >= 4 is 29.7 Å². The number of aliphatic hydroxyl groups excluding tert-OH is 1. The molecule has 1 fully saturated rings. The van der Waals surface area contributed by atoms with E-state index in [2.05, 4.69) is 10.3 Å². The third kappa shape index (κ3) is 2.79. The molecule has 0 aromatic carbocycles. The van der Waals surface area contributed by atoms with Gasteiger partial charge in [0.2, 0.25) is 0 Å². The van der Waals surface area contributed by atoms with E-state index < -0.39 is 5.97 Å². The zero-order valence-corrected chi connectivity index (χ0v) is 13.9. The van der Waals surface area contributed by atoms with Crippen LogP contribution in [0, 0.1) is 0 Å². The summed E-state index contributed by atoms with van der Waals surface area (Å²) in [5.74, 6) is -1.73. The maximum atomic E-state index is 11.9. The van der Waals surface area contributed by atoms with Crippen LogP contribution in [0.3, 0.4) is 0 Å². The number of rotatable bonds is 4. The molecule has 10 heteroatoms. The van der Waals surface area contributed by atoms with E-state index in [-0.39, 0.29) is 53.1 Å². The number of aromatic nitrogens is 3. The molecule has 0 aliphatic carbocycles. The molecule has 21 heavy (non-hydrogen) atoms. The van der Waals surface area contributed by atoms with Crippen molar-refractivity contribution in [1.82, 2.24) is 19.9 Å². The monoisotopic (exact) mass is 316 g/mol. The summed E-state index contributed by atoms with van der Waals surface area (Å²) in [6.07, 6.45) is 3.18. The number of amides is 1. The molecule has 3 rings (SSSR count). The molecule has 2 aliphatic rings. The molecule has 0 saturated carbocycles. The van der Waals surface area contributed by atoms with Crippen molar-refractivity contribution in [3.05, 3.63) is 28.6 Å². The zero-order chi connectivity index (χ0) is 14.3. The number of aliphatic carboxylic acids is 1. The zero-order valence-electron chi connectivity index (χ0n) is 11.1. The summed E-state index contributed by atoms with van der Waals surface area (Å²) in [4.78, 5) is 23.9. The number of aliphatic hydroxyl groups is 1. The Morgan fingerprint density at radius 2 is 2.33 bits per heavy atom. The molecule has 0 unspecified atom stereocenters. The first-order valence-corrected chi connectivity index (χ1v) is 6.69. The van der Waals surface area contributed by atoms with E-state index in [1.807, 2.05) is 0 Å². The Labute approximate surface area is 145 Å². The second-order valence-corrected chi connectivity index (χ2v) is 5.14. The number of carbonyl (C=O) groups is 2. The van der Waals surface area contributed by atoms with Gasteiger partial charge in [0, 0.05) is 0 Å². The molecule has 8 nitrogen and oxygen atoms in total. The van der Waals surface area contributed by atoms with Crippen LogP contribution in [-0.2, 0) is 16.1 Å². The van der Waals surface area contributed by atoms with Crippen LogP contribution >= 0.6 is 11.8 Å². The molecular formula is C11H9N4NaO4S. The number of thioether (sulfide) groups is 1. The van der Waals surface area contributed by atoms with Crippen molar-refractivity contribution in [1.29, 1.82) is 0 Å². The second kappa shape index (κ2) is 6.32. The van der Waals surface area contributed by atoms with Crippen molar-refractivity contribution in [3.63, 3.8) is 0 Å². The maximum Gasteiger partial charge on any atom is 1.00 e. The van der Waals surface area contributed by atoms with Crippen molar-refractivity contribution in [2.45, 2.75) is 11.9 Å². The van der Waals surface area contributed by atoms with E-state index in [4.69, 9.17) is 5.11 Å². The molecule has 3 heterocycles. The van der Waals surface area contributed by atoms with Gasteiger partial charge in [-0.1, -0.05) is 5.21 Å². The molecule has 2 aliphatic heterocycles. The molecule has 0 radical (unpaired) electrons. The van der Waals surface area contributed by atoms with E-state index in [0.29, 0.717) is 17.8 Å². The van der Waals surface area contributed by atoms with Gasteiger partial charge >= 0.3 is 29.6 Å². The Bertz CT molecular complexity index is 656. The molecule has 0 spiro atoms. The van der Waals surface area contributed by atoms with Crippen LogP contribution < -0.4 is 34.7 Å². The van der Waals surface area contributed by atoms with Crippen molar-refractivity contribution in [2.24, 2.45) is 0 Å². The van der Waals surface area contributed by atoms with Crippen LogP contribution in [0.25, 0.3) is 6.08 Å². The summed E-state index contributed by atoms with van der Waals surface area (Å²) in [5.41, 5.74) is 0.855. The Balaban J connectivity index is 0.00000161. The first-order valence-electron chi connectivity index (χ1n) is 5.75. The molecule has 0 bridgehead atoms. The van der Waals surface area contributed by atoms with Crippen LogP contribution in [0.2, 0.25) is 0 Å². The SMILES string of the molecule is O=C([O-])C1=CS[C@@H]2/C(=C/c3cn(CCO)nn3)C(=O)N12.[Na+].